The van der Waals surface area contributed by atoms with Gasteiger partial charge in [-0.15, -0.1) is 11.3 Å². The third kappa shape index (κ3) is 4.28. The number of amides is 1. The Morgan fingerprint density at radius 1 is 1.12 bits per heavy atom. The minimum absolute atomic E-state index is 0.170. The van der Waals surface area contributed by atoms with Crippen molar-refractivity contribution in [3.63, 3.8) is 0 Å². The van der Waals surface area contributed by atoms with E-state index in [9.17, 15) is 9.59 Å². The van der Waals surface area contributed by atoms with Gasteiger partial charge in [-0.3, -0.25) is 9.69 Å². The van der Waals surface area contributed by atoms with Gasteiger partial charge in [0.2, 0.25) is 5.91 Å². The van der Waals surface area contributed by atoms with Crippen LogP contribution in [0.15, 0.2) is 53.9 Å². The molecule has 1 heterocycles. The van der Waals surface area contributed by atoms with Gasteiger partial charge in [-0.25, -0.2) is 4.79 Å². The molecule has 0 atom stereocenters. The van der Waals surface area contributed by atoms with Crippen molar-refractivity contribution in [2.45, 2.75) is 6.54 Å². The average Bonchev–Trinajstić information content (AvgIpc) is 3.08. The van der Waals surface area contributed by atoms with Crippen molar-refractivity contribution >= 4 is 39.7 Å². The second-order valence-corrected chi connectivity index (χ2v) is 6.97. The molecule has 0 fully saturated rings. The smallest absolute Gasteiger partial charge is 0.350 e. The molecule has 134 valence electrons. The van der Waals surface area contributed by atoms with Gasteiger partial charge in [0.05, 0.1) is 19.3 Å². The number of hydrogen-bond acceptors (Lipinski definition) is 5. The zero-order valence-electron chi connectivity index (χ0n) is 14.7. The summed E-state index contributed by atoms with van der Waals surface area (Å²) >= 11 is 1.24. The van der Waals surface area contributed by atoms with Crippen molar-refractivity contribution in [1.82, 2.24) is 4.90 Å². The maximum absolute atomic E-state index is 12.3. The Balaban J connectivity index is 1.60. The van der Waals surface area contributed by atoms with E-state index in [0.29, 0.717) is 17.1 Å². The Kier molecular flexibility index (Phi) is 5.65. The lowest BCUT2D eigenvalue weighted by Crippen LogP contribution is -2.30. The van der Waals surface area contributed by atoms with Gasteiger partial charge in [-0.1, -0.05) is 36.4 Å². The highest BCUT2D eigenvalue weighted by Crippen LogP contribution is 2.23. The van der Waals surface area contributed by atoms with E-state index in [4.69, 9.17) is 4.74 Å². The predicted octanol–water partition coefficient (Wildman–Crippen LogP) is 3.76. The number of carbonyl (C=O) groups excluding carboxylic acids is 2. The van der Waals surface area contributed by atoms with Gasteiger partial charge in [-0.2, -0.15) is 0 Å². The number of nitrogens with one attached hydrogen (secondary N) is 1. The Morgan fingerprint density at radius 3 is 2.65 bits per heavy atom. The lowest BCUT2D eigenvalue weighted by Gasteiger charge is -2.16. The minimum atomic E-state index is -0.445. The molecule has 3 rings (SSSR count). The quantitative estimate of drug-likeness (QED) is 0.673. The largest absolute Gasteiger partial charge is 0.465 e. The van der Waals surface area contributed by atoms with Crippen molar-refractivity contribution < 1.29 is 14.3 Å². The topological polar surface area (TPSA) is 58.6 Å². The third-order valence-corrected chi connectivity index (χ3v) is 4.88. The number of nitrogens with zero attached hydrogens (tertiary/aromatic N) is 1. The van der Waals surface area contributed by atoms with Gasteiger partial charge in [-0.05, 0) is 40.9 Å². The Bertz CT molecular complexity index is 935. The molecule has 6 heteroatoms. The molecule has 0 unspecified atom stereocenters. The first kappa shape index (κ1) is 18.1. The molecule has 0 saturated heterocycles. The van der Waals surface area contributed by atoms with Crippen molar-refractivity contribution in [3.8, 4) is 0 Å². The van der Waals surface area contributed by atoms with Gasteiger partial charge in [0.15, 0.2) is 0 Å². The summed E-state index contributed by atoms with van der Waals surface area (Å²) in [6, 6.07) is 16.2. The van der Waals surface area contributed by atoms with Crippen LogP contribution in [0.2, 0.25) is 0 Å². The molecule has 1 N–H and O–H groups in total. The highest BCUT2D eigenvalue weighted by molar-refractivity contribution is 7.12. The van der Waals surface area contributed by atoms with E-state index in [1.54, 1.807) is 11.4 Å². The number of methoxy groups -OCH3 is 1. The molecule has 0 radical (unpaired) electrons. The van der Waals surface area contributed by atoms with E-state index in [1.807, 2.05) is 24.1 Å². The van der Waals surface area contributed by atoms with Crippen LogP contribution in [0.5, 0.6) is 0 Å². The van der Waals surface area contributed by atoms with E-state index < -0.39 is 5.97 Å². The standard InChI is InChI=1S/C20H20N2O3S/c1-22(12-14-7-8-15-5-3-4-6-16(15)11-14)13-18(23)21-17-9-10-26-19(17)20(24)25-2/h3-11H,12-13H2,1-2H3,(H,21,23). The van der Waals surface area contributed by atoms with Crippen LogP contribution in [0.3, 0.4) is 0 Å². The van der Waals surface area contributed by atoms with E-state index in [0.717, 1.165) is 5.56 Å². The SMILES string of the molecule is COC(=O)c1sccc1NC(=O)CN(C)Cc1ccc2ccccc2c1. The molecule has 1 aromatic heterocycles. The Labute approximate surface area is 156 Å². The molecule has 0 spiro atoms. The Morgan fingerprint density at radius 2 is 1.88 bits per heavy atom. The Hall–Kier alpha value is -2.70. The molecule has 0 saturated carbocycles. The maximum atomic E-state index is 12.3. The number of hydrogen-bond donors (Lipinski definition) is 1. The summed E-state index contributed by atoms with van der Waals surface area (Å²) in [6.45, 7) is 0.884. The second kappa shape index (κ2) is 8.12. The van der Waals surface area contributed by atoms with Gasteiger partial charge in [0.25, 0.3) is 0 Å². The fourth-order valence-electron chi connectivity index (χ4n) is 2.80. The van der Waals surface area contributed by atoms with Gasteiger partial charge >= 0.3 is 5.97 Å². The molecule has 0 bridgehead atoms. The molecule has 5 nitrogen and oxygen atoms in total. The molecule has 2 aromatic carbocycles. The van der Waals surface area contributed by atoms with E-state index in [2.05, 4.69) is 35.6 Å². The first-order valence-electron chi connectivity index (χ1n) is 8.18. The predicted molar refractivity (Wildman–Crippen MR) is 105 cm³/mol. The summed E-state index contributed by atoms with van der Waals surface area (Å²) in [6.07, 6.45) is 0. The molecule has 1 amide bonds. The normalized spacial score (nSPS) is 10.9. The molecular formula is C20H20N2O3S. The fourth-order valence-corrected chi connectivity index (χ4v) is 3.56. The van der Waals surface area contributed by atoms with Gasteiger partial charge in [0, 0.05) is 6.54 Å². The van der Waals surface area contributed by atoms with E-state index in [1.165, 1.54) is 29.2 Å². The monoisotopic (exact) mass is 368 g/mol. The average molecular weight is 368 g/mol. The van der Waals surface area contributed by atoms with Crippen molar-refractivity contribution in [3.05, 3.63) is 64.4 Å². The lowest BCUT2D eigenvalue weighted by atomic mass is 10.1. The minimum Gasteiger partial charge on any atom is -0.465 e. The van der Waals surface area contributed by atoms with Gasteiger partial charge in [0.1, 0.15) is 4.88 Å². The fraction of sp³-hybridized carbons (Fsp3) is 0.200. The summed E-state index contributed by atoms with van der Waals surface area (Å²) in [5.74, 6) is -0.614. The molecule has 0 aliphatic carbocycles. The van der Waals surface area contributed by atoms with E-state index in [-0.39, 0.29) is 12.5 Å². The summed E-state index contributed by atoms with van der Waals surface area (Å²) < 4.78 is 4.72. The zero-order chi connectivity index (χ0) is 18.5. The molecular weight excluding hydrogens is 348 g/mol. The first-order chi connectivity index (χ1) is 12.6. The number of fused-ring (bicyclic) bond motifs is 1. The highest BCUT2D eigenvalue weighted by Gasteiger charge is 2.16. The maximum Gasteiger partial charge on any atom is 0.350 e. The van der Waals surface area contributed by atoms with Crippen molar-refractivity contribution in [2.24, 2.45) is 0 Å². The number of esters is 1. The van der Waals surface area contributed by atoms with Crippen LogP contribution in [0.25, 0.3) is 10.8 Å². The molecule has 0 aliphatic rings. The van der Waals surface area contributed by atoms with Gasteiger partial charge < -0.3 is 10.1 Å². The molecule has 26 heavy (non-hydrogen) atoms. The number of carbonyl (C=O) groups is 2. The van der Waals surface area contributed by atoms with Crippen molar-refractivity contribution in [2.75, 3.05) is 26.0 Å². The summed E-state index contributed by atoms with van der Waals surface area (Å²) in [7, 11) is 3.22. The number of benzene rings is 2. The summed E-state index contributed by atoms with van der Waals surface area (Å²) in [5.41, 5.74) is 1.63. The van der Waals surface area contributed by atoms with Crippen LogP contribution in [-0.4, -0.2) is 37.5 Å². The molecule has 0 aliphatic heterocycles. The highest BCUT2D eigenvalue weighted by atomic mass is 32.1. The van der Waals surface area contributed by atoms with Crippen LogP contribution >= 0.6 is 11.3 Å². The first-order valence-corrected chi connectivity index (χ1v) is 9.06. The molecule has 3 aromatic rings. The third-order valence-electron chi connectivity index (χ3n) is 3.99. The van der Waals surface area contributed by atoms with Crippen molar-refractivity contribution in [1.29, 1.82) is 0 Å². The summed E-state index contributed by atoms with van der Waals surface area (Å²) in [4.78, 5) is 26.3. The van der Waals surface area contributed by atoms with Crippen LogP contribution in [0.4, 0.5) is 5.69 Å². The van der Waals surface area contributed by atoms with E-state index >= 15 is 0 Å². The van der Waals surface area contributed by atoms with Crippen LogP contribution < -0.4 is 5.32 Å². The number of anilines is 1. The number of ether oxygens (including phenoxy) is 1. The summed E-state index contributed by atoms with van der Waals surface area (Å²) in [5, 5.41) is 6.91. The number of thiophene rings is 1. The van der Waals surface area contributed by atoms with Crippen LogP contribution in [0.1, 0.15) is 15.2 Å². The van der Waals surface area contributed by atoms with Crippen LogP contribution in [0, 0.1) is 0 Å². The lowest BCUT2D eigenvalue weighted by molar-refractivity contribution is -0.117. The number of likely N-dealkylation sites (N-methyl/N-ethyl adjacent to an activating group) is 1. The van der Waals surface area contributed by atoms with Crippen LogP contribution in [-0.2, 0) is 16.1 Å². The zero-order valence-corrected chi connectivity index (χ0v) is 15.5. The second-order valence-electron chi connectivity index (χ2n) is 6.06. The number of rotatable bonds is 6.